The van der Waals surface area contributed by atoms with Crippen LogP contribution in [0, 0.1) is 6.92 Å². The summed E-state index contributed by atoms with van der Waals surface area (Å²) in [6.45, 7) is 5.39. The molecule has 1 atom stereocenters. The Morgan fingerprint density at radius 2 is 2.14 bits per heavy atom. The maximum atomic E-state index is 12.7. The van der Waals surface area contributed by atoms with Crippen LogP contribution in [0.4, 0.5) is 0 Å². The normalized spacial score (nSPS) is 17.4. The van der Waals surface area contributed by atoms with Gasteiger partial charge in [-0.3, -0.25) is 4.79 Å². The monoisotopic (exact) mass is 315 g/mol. The molecule has 0 aliphatic carbocycles. The Morgan fingerprint density at radius 1 is 1.41 bits per heavy atom. The van der Waals surface area contributed by atoms with Gasteiger partial charge in [0, 0.05) is 19.1 Å². The zero-order valence-corrected chi connectivity index (χ0v) is 13.8. The Hall–Kier alpha value is -1.72. The molecule has 1 saturated heterocycles. The highest BCUT2D eigenvalue weighted by Crippen LogP contribution is 2.32. The largest absolute Gasteiger partial charge is 0.333 e. The average Bonchev–Trinajstić information content (AvgIpc) is 2.89. The van der Waals surface area contributed by atoms with Crippen LogP contribution in [-0.4, -0.2) is 34.9 Å². The molecule has 0 spiro atoms. The number of benzene rings is 1. The van der Waals surface area contributed by atoms with Crippen molar-refractivity contribution in [2.75, 3.05) is 13.1 Å². The number of likely N-dealkylation sites (tertiary alicyclic amines) is 1. The summed E-state index contributed by atoms with van der Waals surface area (Å²) in [7, 11) is 0. The minimum Gasteiger partial charge on any atom is -0.333 e. The molecule has 2 heterocycles. The van der Waals surface area contributed by atoms with Gasteiger partial charge in [-0.15, -0.1) is 11.3 Å². The second-order valence-corrected chi connectivity index (χ2v) is 6.84. The first-order valence-electron chi connectivity index (χ1n) is 7.71. The molecule has 2 aromatic rings. The van der Waals surface area contributed by atoms with E-state index in [1.807, 2.05) is 11.8 Å². The van der Waals surface area contributed by atoms with Crippen molar-refractivity contribution in [2.45, 2.75) is 32.7 Å². The van der Waals surface area contributed by atoms with Crippen molar-refractivity contribution in [3.05, 3.63) is 40.5 Å². The number of nitrogens with zero attached hydrogens (tertiary/aromatic N) is 2. The van der Waals surface area contributed by atoms with Crippen molar-refractivity contribution < 1.29 is 4.79 Å². The zero-order valence-electron chi connectivity index (χ0n) is 13.0. The Labute approximate surface area is 135 Å². The summed E-state index contributed by atoms with van der Waals surface area (Å²) in [4.78, 5) is 20.0. The second-order valence-electron chi connectivity index (χ2n) is 5.64. The smallest absolute Gasteiger partial charge is 0.274 e. The highest BCUT2D eigenvalue weighted by atomic mass is 32.1. The van der Waals surface area contributed by atoms with E-state index in [9.17, 15) is 4.79 Å². The van der Waals surface area contributed by atoms with Crippen LogP contribution in [0.15, 0.2) is 24.3 Å². The Balaban J connectivity index is 1.93. The third-order valence-electron chi connectivity index (χ3n) is 4.24. The van der Waals surface area contributed by atoms with Crippen molar-refractivity contribution in [2.24, 2.45) is 5.73 Å². The minimum atomic E-state index is 0.0145. The molecule has 2 N–H and O–H groups in total. The number of carbonyl (C=O) groups excluding carboxylic acids is 1. The zero-order chi connectivity index (χ0) is 15.7. The maximum absolute atomic E-state index is 12.7. The number of thiazole rings is 1. The number of aryl methyl sites for hydroxylation is 2. The van der Waals surface area contributed by atoms with Gasteiger partial charge in [0.15, 0.2) is 0 Å². The van der Waals surface area contributed by atoms with Crippen molar-refractivity contribution in [3.63, 3.8) is 0 Å². The molecule has 1 aromatic heterocycles. The summed E-state index contributed by atoms with van der Waals surface area (Å²) in [5.41, 5.74) is 8.65. The van der Waals surface area contributed by atoms with E-state index >= 15 is 0 Å². The molecule has 5 heteroatoms. The van der Waals surface area contributed by atoms with Crippen LogP contribution >= 0.6 is 11.3 Å². The average molecular weight is 315 g/mol. The van der Waals surface area contributed by atoms with Gasteiger partial charge in [-0.2, -0.15) is 0 Å². The van der Waals surface area contributed by atoms with Crippen molar-refractivity contribution in [3.8, 4) is 10.4 Å². The maximum Gasteiger partial charge on any atom is 0.274 e. The van der Waals surface area contributed by atoms with Gasteiger partial charge in [0.1, 0.15) is 5.69 Å². The van der Waals surface area contributed by atoms with Gasteiger partial charge in [0.05, 0.1) is 9.88 Å². The lowest BCUT2D eigenvalue weighted by molar-refractivity contribution is 0.0477. The molecule has 1 aliphatic rings. The quantitative estimate of drug-likeness (QED) is 0.944. The highest BCUT2D eigenvalue weighted by Gasteiger charge is 2.34. The van der Waals surface area contributed by atoms with E-state index in [2.05, 4.69) is 36.2 Å². The molecule has 3 rings (SSSR count). The predicted molar refractivity (Wildman–Crippen MR) is 90.2 cm³/mol. The van der Waals surface area contributed by atoms with Crippen LogP contribution in [0.2, 0.25) is 0 Å². The lowest BCUT2D eigenvalue weighted by Crippen LogP contribution is -2.54. The SMILES string of the molecule is CCc1ccc(-c2sc(C)nc2C(=O)N2CC[C@H]2CN)cc1. The molecule has 1 aromatic carbocycles. The summed E-state index contributed by atoms with van der Waals surface area (Å²) < 4.78 is 0. The van der Waals surface area contributed by atoms with Gasteiger partial charge in [0.25, 0.3) is 5.91 Å². The molecule has 0 saturated carbocycles. The predicted octanol–water partition coefficient (Wildman–Crippen LogP) is 2.85. The minimum absolute atomic E-state index is 0.0145. The molecule has 1 amide bonds. The van der Waals surface area contributed by atoms with Crippen LogP contribution in [0.5, 0.6) is 0 Å². The van der Waals surface area contributed by atoms with E-state index in [4.69, 9.17) is 5.73 Å². The first kappa shape index (κ1) is 15.2. The molecule has 1 aliphatic heterocycles. The molecule has 1 fully saturated rings. The van der Waals surface area contributed by atoms with Crippen LogP contribution in [0.25, 0.3) is 10.4 Å². The number of amides is 1. The molecule has 0 unspecified atom stereocenters. The molecular weight excluding hydrogens is 294 g/mol. The van der Waals surface area contributed by atoms with Crippen LogP contribution < -0.4 is 5.73 Å². The van der Waals surface area contributed by atoms with E-state index in [1.165, 1.54) is 5.56 Å². The van der Waals surface area contributed by atoms with E-state index in [1.54, 1.807) is 11.3 Å². The number of hydrogen-bond donors (Lipinski definition) is 1. The topological polar surface area (TPSA) is 59.2 Å². The fourth-order valence-electron chi connectivity index (χ4n) is 2.75. The molecular formula is C17H21N3OS. The van der Waals surface area contributed by atoms with E-state index in [0.717, 1.165) is 34.8 Å². The van der Waals surface area contributed by atoms with Crippen molar-refractivity contribution >= 4 is 17.2 Å². The summed E-state index contributed by atoms with van der Waals surface area (Å²) in [6, 6.07) is 8.57. The van der Waals surface area contributed by atoms with Gasteiger partial charge < -0.3 is 10.6 Å². The summed E-state index contributed by atoms with van der Waals surface area (Å²) in [5.74, 6) is 0.0145. The highest BCUT2D eigenvalue weighted by molar-refractivity contribution is 7.15. The number of rotatable bonds is 4. The van der Waals surface area contributed by atoms with Gasteiger partial charge >= 0.3 is 0 Å². The molecule has 116 valence electrons. The Bertz CT molecular complexity index is 676. The van der Waals surface area contributed by atoms with Crippen molar-refractivity contribution in [1.29, 1.82) is 0 Å². The van der Waals surface area contributed by atoms with Crippen LogP contribution in [-0.2, 0) is 6.42 Å². The summed E-state index contributed by atoms with van der Waals surface area (Å²) in [5, 5.41) is 0.919. The van der Waals surface area contributed by atoms with Crippen LogP contribution in [0.1, 0.15) is 34.4 Å². The summed E-state index contributed by atoms with van der Waals surface area (Å²) in [6.07, 6.45) is 2.01. The fraction of sp³-hybridized carbons (Fsp3) is 0.412. The van der Waals surface area contributed by atoms with Gasteiger partial charge in [-0.1, -0.05) is 31.2 Å². The molecule has 0 radical (unpaired) electrons. The Kier molecular flexibility index (Phi) is 4.27. The van der Waals surface area contributed by atoms with E-state index in [-0.39, 0.29) is 11.9 Å². The third kappa shape index (κ3) is 2.66. The van der Waals surface area contributed by atoms with Crippen LogP contribution in [0.3, 0.4) is 0 Å². The van der Waals surface area contributed by atoms with E-state index in [0.29, 0.717) is 12.2 Å². The first-order chi connectivity index (χ1) is 10.6. The molecule has 22 heavy (non-hydrogen) atoms. The van der Waals surface area contributed by atoms with E-state index < -0.39 is 0 Å². The lowest BCUT2D eigenvalue weighted by Gasteiger charge is -2.40. The standard InChI is InChI=1S/C17H21N3OS/c1-3-12-4-6-13(7-5-12)16-15(19-11(2)22-16)17(21)20-9-8-14(20)10-18/h4-7,14H,3,8-10,18H2,1-2H3/t14-/m0/s1. The Morgan fingerprint density at radius 3 is 2.68 bits per heavy atom. The number of aromatic nitrogens is 1. The van der Waals surface area contributed by atoms with Crippen molar-refractivity contribution in [1.82, 2.24) is 9.88 Å². The van der Waals surface area contributed by atoms with Gasteiger partial charge in [-0.25, -0.2) is 4.98 Å². The summed E-state index contributed by atoms with van der Waals surface area (Å²) >= 11 is 1.58. The number of carbonyl (C=O) groups is 1. The first-order valence-corrected chi connectivity index (χ1v) is 8.53. The number of hydrogen-bond acceptors (Lipinski definition) is 4. The second kappa shape index (κ2) is 6.18. The number of nitrogens with two attached hydrogens (primary N) is 1. The lowest BCUT2D eigenvalue weighted by atomic mass is 10.0. The molecule has 4 nitrogen and oxygen atoms in total. The van der Waals surface area contributed by atoms with Gasteiger partial charge in [-0.05, 0) is 30.9 Å². The van der Waals surface area contributed by atoms with Gasteiger partial charge in [0.2, 0.25) is 0 Å². The third-order valence-corrected chi connectivity index (χ3v) is 5.26. The fourth-order valence-corrected chi connectivity index (χ4v) is 3.66. The molecule has 0 bridgehead atoms.